The van der Waals surface area contributed by atoms with E-state index >= 15 is 0 Å². The topological polar surface area (TPSA) is 113 Å². The number of carboxylic acid groups (broad SMARTS) is 1. The number of piperidine rings is 1. The molecule has 1 fully saturated rings. The van der Waals surface area contributed by atoms with Gasteiger partial charge in [0.15, 0.2) is 0 Å². The second kappa shape index (κ2) is 6.19. The predicted molar refractivity (Wildman–Crippen MR) is 59.2 cm³/mol. The highest BCUT2D eigenvalue weighted by atomic mass is 16.4. The maximum Gasteiger partial charge on any atom is 0.318 e. The van der Waals surface area contributed by atoms with Crippen molar-refractivity contribution in [3.05, 3.63) is 0 Å². The highest BCUT2D eigenvalue weighted by molar-refractivity contribution is 5.94. The zero-order valence-corrected chi connectivity index (χ0v) is 9.52. The monoisotopic (exact) mass is 243 g/mol. The number of carboxylic acids is 1. The molecule has 1 rings (SSSR count). The molecule has 1 atom stereocenters. The number of primary amides is 1. The molecule has 0 radical (unpaired) electrons. The Hall–Kier alpha value is -1.63. The zero-order chi connectivity index (χ0) is 12.8. The maximum atomic E-state index is 11.4. The summed E-state index contributed by atoms with van der Waals surface area (Å²) in [4.78, 5) is 34.3. The van der Waals surface area contributed by atoms with E-state index in [2.05, 4.69) is 0 Å². The molecule has 0 spiro atoms. The van der Waals surface area contributed by atoms with E-state index in [0.717, 1.165) is 19.3 Å². The van der Waals surface area contributed by atoms with Crippen LogP contribution in [0.5, 0.6) is 0 Å². The van der Waals surface area contributed by atoms with E-state index in [1.165, 1.54) is 0 Å². The Morgan fingerprint density at radius 1 is 1.35 bits per heavy atom. The number of nitrogens with zero attached hydrogens (tertiary/aromatic N) is 1. The number of amides is 3. The van der Waals surface area contributed by atoms with Gasteiger partial charge in [0, 0.05) is 6.04 Å². The van der Waals surface area contributed by atoms with Crippen molar-refractivity contribution in [3.63, 3.8) is 0 Å². The number of nitrogens with two attached hydrogens (primary N) is 1. The minimum Gasteiger partial charge on any atom is -0.481 e. The first-order valence-corrected chi connectivity index (χ1v) is 5.54. The van der Waals surface area contributed by atoms with E-state index in [1.807, 2.05) is 5.32 Å². The van der Waals surface area contributed by atoms with Crippen molar-refractivity contribution in [2.45, 2.75) is 31.7 Å². The first kappa shape index (κ1) is 13.4. The molecule has 3 amide bonds. The molecule has 17 heavy (non-hydrogen) atoms. The lowest BCUT2D eigenvalue weighted by Crippen LogP contribution is -2.48. The van der Waals surface area contributed by atoms with Gasteiger partial charge in [0.2, 0.25) is 5.91 Å². The number of imide groups is 1. The Morgan fingerprint density at radius 2 is 2.06 bits per heavy atom. The van der Waals surface area contributed by atoms with Crippen LogP contribution in [0.3, 0.4) is 0 Å². The summed E-state index contributed by atoms with van der Waals surface area (Å²) in [6, 6.07) is -1.03. The number of hydrogen-bond acceptors (Lipinski definition) is 4. The first-order chi connectivity index (χ1) is 7.99. The van der Waals surface area contributed by atoms with Gasteiger partial charge in [-0.3, -0.25) is 19.8 Å². The SMILES string of the molecule is NC(=O)NC(=O)CN1CCCCC1CC(=O)O. The number of urea groups is 1. The van der Waals surface area contributed by atoms with Crippen molar-refractivity contribution in [1.82, 2.24) is 10.2 Å². The summed E-state index contributed by atoms with van der Waals surface area (Å²) in [6.45, 7) is 0.686. The van der Waals surface area contributed by atoms with Crippen LogP contribution < -0.4 is 11.1 Å². The van der Waals surface area contributed by atoms with Gasteiger partial charge in [0.1, 0.15) is 0 Å². The third-order valence-corrected chi connectivity index (χ3v) is 2.77. The molecule has 1 aliphatic rings. The molecule has 96 valence electrons. The van der Waals surface area contributed by atoms with Crippen molar-refractivity contribution in [1.29, 1.82) is 0 Å². The van der Waals surface area contributed by atoms with Gasteiger partial charge in [-0.1, -0.05) is 6.42 Å². The van der Waals surface area contributed by atoms with Crippen LogP contribution in [0.15, 0.2) is 0 Å². The number of nitrogens with one attached hydrogen (secondary N) is 1. The quantitative estimate of drug-likeness (QED) is 0.616. The average molecular weight is 243 g/mol. The van der Waals surface area contributed by atoms with Crippen molar-refractivity contribution in [2.75, 3.05) is 13.1 Å². The van der Waals surface area contributed by atoms with E-state index < -0.39 is 17.9 Å². The smallest absolute Gasteiger partial charge is 0.318 e. The van der Waals surface area contributed by atoms with Crippen molar-refractivity contribution in [2.24, 2.45) is 5.73 Å². The Labute approximate surface area is 98.9 Å². The second-order valence-corrected chi connectivity index (χ2v) is 4.13. The summed E-state index contributed by atoms with van der Waals surface area (Å²) >= 11 is 0. The number of likely N-dealkylation sites (tertiary alicyclic amines) is 1. The van der Waals surface area contributed by atoms with E-state index in [0.29, 0.717) is 6.54 Å². The lowest BCUT2D eigenvalue weighted by Gasteiger charge is -2.34. The number of carbonyl (C=O) groups excluding carboxylic acids is 2. The molecule has 0 aromatic carbocycles. The summed E-state index contributed by atoms with van der Waals surface area (Å²) in [6.07, 6.45) is 2.67. The molecule has 7 heteroatoms. The highest BCUT2D eigenvalue weighted by Crippen LogP contribution is 2.19. The molecule has 1 heterocycles. The number of carbonyl (C=O) groups is 3. The minimum atomic E-state index is -0.887. The second-order valence-electron chi connectivity index (χ2n) is 4.13. The lowest BCUT2D eigenvalue weighted by molar-refractivity contribution is -0.139. The van der Waals surface area contributed by atoms with Crippen LogP contribution in [-0.4, -0.2) is 47.0 Å². The van der Waals surface area contributed by atoms with Crippen LogP contribution in [0.1, 0.15) is 25.7 Å². The summed E-state index contributed by atoms with van der Waals surface area (Å²) in [5.41, 5.74) is 4.83. The Morgan fingerprint density at radius 3 is 2.65 bits per heavy atom. The third kappa shape index (κ3) is 4.81. The van der Waals surface area contributed by atoms with Gasteiger partial charge in [-0.25, -0.2) is 4.79 Å². The van der Waals surface area contributed by atoms with Crippen LogP contribution in [0.2, 0.25) is 0 Å². The molecule has 0 aromatic rings. The maximum absolute atomic E-state index is 11.4. The van der Waals surface area contributed by atoms with Crippen molar-refractivity contribution >= 4 is 17.9 Å². The van der Waals surface area contributed by atoms with Crippen molar-refractivity contribution in [3.8, 4) is 0 Å². The molecule has 4 N–H and O–H groups in total. The highest BCUT2D eigenvalue weighted by Gasteiger charge is 2.26. The molecular formula is C10H17N3O4. The van der Waals surface area contributed by atoms with E-state index in [1.54, 1.807) is 4.90 Å². The standard InChI is InChI=1S/C10H17N3O4/c11-10(17)12-8(14)6-13-4-2-1-3-7(13)5-9(15)16/h7H,1-6H2,(H,15,16)(H3,11,12,14,17). The molecule has 1 saturated heterocycles. The van der Waals surface area contributed by atoms with E-state index in [9.17, 15) is 14.4 Å². The molecule has 7 nitrogen and oxygen atoms in total. The van der Waals surface area contributed by atoms with E-state index in [-0.39, 0.29) is 19.0 Å². The molecular weight excluding hydrogens is 226 g/mol. The van der Waals surface area contributed by atoms with Gasteiger partial charge in [0.25, 0.3) is 0 Å². The van der Waals surface area contributed by atoms with Crippen LogP contribution in [0.25, 0.3) is 0 Å². The molecule has 0 aliphatic carbocycles. The third-order valence-electron chi connectivity index (χ3n) is 2.77. The zero-order valence-electron chi connectivity index (χ0n) is 9.52. The van der Waals surface area contributed by atoms with Gasteiger partial charge < -0.3 is 10.8 Å². The van der Waals surface area contributed by atoms with Crippen LogP contribution in [-0.2, 0) is 9.59 Å². The van der Waals surface area contributed by atoms with Gasteiger partial charge in [-0.05, 0) is 19.4 Å². The molecule has 1 aliphatic heterocycles. The van der Waals surface area contributed by atoms with Gasteiger partial charge in [-0.15, -0.1) is 0 Å². The summed E-state index contributed by atoms with van der Waals surface area (Å²) in [5.74, 6) is -1.37. The normalized spacial score (nSPS) is 20.8. The number of aliphatic carboxylic acids is 1. The average Bonchev–Trinajstić information content (AvgIpc) is 2.18. The molecule has 1 unspecified atom stereocenters. The van der Waals surface area contributed by atoms with Gasteiger partial charge >= 0.3 is 12.0 Å². The lowest BCUT2D eigenvalue weighted by atomic mass is 9.99. The molecule has 0 bridgehead atoms. The number of rotatable bonds is 4. The van der Waals surface area contributed by atoms with Gasteiger partial charge in [0.05, 0.1) is 13.0 Å². The van der Waals surface area contributed by atoms with Crippen LogP contribution >= 0.6 is 0 Å². The Balaban J connectivity index is 2.50. The summed E-state index contributed by atoms with van der Waals surface area (Å²) in [5, 5.41) is 10.7. The van der Waals surface area contributed by atoms with Gasteiger partial charge in [-0.2, -0.15) is 0 Å². The number of hydrogen-bond donors (Lipinski definition) is 3. The van der Waals surface area contributed by atoms with Crippen LogP contribution in [0.4, 0.5) is 4.79 Å². The first-order valence-electron chi connectivity index (χ1n) is 5.54. The fourth-order valence-electron chi connectivity index (χ4n) is 2.06. The molecule has 0 saturated carbocycles. The minimum absolute atomic E-state index is 0.0148. The predicted octanol–water partition coefficient (Wildman–Crippen LogP) is -0.490. The Kier molecular flexibility index (Phi) is 4.89. The summed E-state index contributed by atoms with van der Waals surface area (Å²) in [7, 11) is 0. The van der Waals surface area contributed by atoms with E-state index in [4.69, 9.17) is 10.8 Å². The fraction of sp³-hybridized carbons (Fsp3) is 0.700. The summed E-state index contributed by atoms with van der Waals surface area (Å²) < 4.78 is 0. The van der Waals surface area contributed by atoms with Crippen LogP contribution in [0, 0.1) is 0 Å². The fourth-order valence-corrected chi connectivity index (χ4v) is 2.06. The largest absolute Gasteiger partial charge is 0.481 e. The Bertz CT molecular complexity index is 319. The van der Waals surface area contributed by atoms with Crippen molar-refractivity contribution < 1.29 is 19.5 Å². The molecule has 0 aromatic heterocycles.